The number of nitrogens with two attached hydrogens (primary N) is 1. The largest absolute Gasteiger partial charge is 0.492 e. The van der Waals surface area contributed by atoms with Crippen molar-refractivity contribution in [2.75, 3.05) is 19.7 Å². The van der Waals surface area contributed by atoms with Crippen LogP contribution in [0.1, 0.15) is 29.8 Å². The number of H-pyrrole nitrogens is 1. The summed E-state index contributed by atoms with van der Waals surface area (Å²) < 4.78 is 25.0. The molecule has 1 aromatic heterocycles. The molecule has 0 saturated carbocycles. The van der Waals surface area contributed by atoms with Crippen molar-refractivity contribution in [1.29, 1.82) is 0 Å². The fourth-order valence-electron chi connectivity index (χ4n) is 5.38. The average Bonchev–Trinajstić information content (AvgIpc) is 3.47. The van der Waals surface area contributed by atoms with Gasteiger partial charge in [-0.2, -0.15) is 0 Å². The predicted molar refractivity (Wildman–Crippen MR) is 151 cm³/mol. The molecule has 40 heavy (non-hydrogen) atoms. The van der Waals surface area contributed by atoms with Crippen LogP contribution in [0.25, 0.3) is 10.9 Å². The van der Waals surface area contributed by atoms with E-state index in [0.717, 1.165) is 33.4 Å². The van der Waals surface area contributed by atoms with Gasteiger partial charge in [-0.15, -0.1) is 0 Å². The van der Waals surface area contributed by atoms with Crippen molar-refractivity contribution in [2.45, 2.75) is 25.6 Å². The second kappa shape index (κ2) is 10.8. The number of nitrogens with one attached hydrogen (secondary N) is 2. The summed E-state index contributed by atoms with van der Waals surface area (Å²) in [4.78, 5) is 18.6. The minimum atomic E-state index is -0.515. The third-order valence-corrected chi connectivity index (χ3v) is 7.51. The quantitative estimate of drug-likeness (QED) is 0.288. The van der Waals surface area contributed by atoms with Gasteiger partial charge >= 0.3 is 6.09 Å². The maximum absolute atomic E-state index is 13.4. The number of hydrazine groups is 1. The molecule has 6 rings (SSSR count). The second-order valence-electron chi connectivity index (χ2n) is 9.91. The van der Waals surface area contributed by atoms with Crippen molar-refractivity contribution < 1.29 is 18.7 Å². The summed E-state index contributed by atoms with van der Waals surface area (Å²) in [7, 11) is 0. The van der Waals surface area contributed by atoms with Crippen molar-refractivity contribution in [3.05, 3.63) is 106 Å². The number of aromatic amines is 1. The highest BCUT2D eigenvalue weighted by molar-refractivity contribution is 6.31. The first-order valence-corrected chi connectivity index (χ1v) is 13.5. The summed E-state index contributed by atoms with van der Waals surface area (Å²) in [5, 5.41) is 3.66. The monoisotopic (exact) mass is 561 g/mol. The van der Waals surface area contributed by atoms with Gasteiger partial charge in [0.15, 0.2) is 0 Å². The molecule has 0 spiro atoms. The number of hydrogen-bond acceptors (Lipinski definition) is 6. The lowest BCUT2D eigenvalue weighted by Gasteiger charge is -2.35. The standard InChI is InChI=1S/C30H29ClFN5O3/c1-18-16-27(33)35-37(18)14-15-39-22-7-2-19(3-8-22)29-28-24(25-17-20(31)4-11-26(25)34-28)12-13-36(29)30(38)40-23-9-5-21(32)6-10-23/h2-11,16-17,27,29,34-35H,12-15,33H2,1H3. The summed E-state index contributed by atoms with van der Waals surface area (Å²) in [6, 6.07) is 18.4. The number of carbonyl (C=O) groups excluding carboxylic acids is 1. The van der Waals surface area contributed by atoms with E-state index < -0.39 is 18.0 Å². The molecular formula is C30H29ClFN5O3. The number of nitrogens with zero attached hydrogens (tertiary/aromatic N) is 2. The Labute approximate surface area is 236 Å². The summed E-state index contributed by atoms with van der Waals surface area (Å²) in [5.41, 5.74) is 14.0. The lowest BCUT2D eigenvalue weighted by Crippen LogP contribution is -2.42. The van der Waals surface area contributed by atoms with Crippen LogP contribution in [0.4, 0.5) is 9.18 Å². The van der Waals surface area contributed by atoms with E-state index in [0.29, 0.717) is 36.9 Å². The number of ether oxygens (including phenoxy) is 2. The van der Waals surface area contributed by atoms with Crippen LogP contribution < -0.4 is 20.6 Å². The van der Waals surface area contributed by atoms with Gasteiger partial charge in [-0.25, -0.2) is 14.6 Å². The first kappa shape index (κ1) is 26.2. The van der Waals surface area contributed by atoms with Crippen molar-refractivity contribution in [1.82, 2.24) is 20.3 Å². The lowest BCUT2D eigenvalue weighted by molar-refractivity contribution is 0.135. The van der Waals surface area contributed by atoms with Crippen LogP contribution in [0, 0.1) is 5.82 Å². The molecule has 0 bridgehead atoms. The number of carbonyl (C=O) groups is 1. The fraction of sp³-hybridized carbons (Fsp3) is 0.233. The topological polar surface area (TPSA) is 95.9 Å². The molecule has 2 atom stereocenters. The normalized spacial score (nSPS) is 18.6. The number of halogens is 2. The van der Waals surface area contributed by atoms with E-state index >= 15 is 0 Å². The van der Waals surface area contributed by atoms with E-state index in [9.17, 15) is 9.18 Å². The van der Waals surface area contributed by atoms with Gasteiger partial charge in [0.2, 0.25) is 0 Å². The molecule has 0 radical (unpaired) electrons. The van der Waals surface area contributed by atoms with Crippen molar-refractivity contribution in [2.24, 2.45) is 5.73 Å². The van der Waals surface area contributed by atoms with Crippen molar-refractivity contribution >= 4 is 28.6 Å². The molecule has 4 N–H and O–H groups in total. The number of rotatable bonds is 6. The van der Waals surface area contributed by atoms with E-state index in [1.807, 2.05) is 60.5 Å². The number of fused-ring (bicyclic) bond motifs is 3. The van der Waals surface area contributed by atoms with Gasteiger partial charge in [-0.3, -0.25) is 4.90 Å². The predicted octanol–water partition coefficient (Wildman–Crippen LogP) is 5.49. The molecule has 2 unspecified atom stereocenters. The molecule has 8 nitrogen and oxygen atoms in total. The van der Waals surface area contributed by atoms with Crippen molar-refractivity contribution in [3.8, 4) is 11.5 Å². The molecule has 0 aliphatic carbocycles. The highest BCUT2D eigenvalue weighted by atomic mass is 35.5. The Morgan fingerprint density at radius 3 is 2.58 bits per heavy atom. The number of aromatic nitrogens is 1. The third-order valence-electron chi connectivity index (χ3n) is 7.27. The summed E-state index contributed by atoms with van der Waals surface area (Å²) >= 11 is 6.31. The SMILES string of the molecule is CC1=CC(N)NN1CCOc1ccc(C2c3[nH]c4ccc(Cl)cc4c3CCN2C(=O)Oc2ccc(F)cc2)cc1. The Hall–Kier alpha value is -4.05. The maximum Gasteiger partial charge on any atom is 0.416 e. The number of amides is 1. The first-order chi connectivity index (χ1) is 19.4. The van der Waals surface area contributed by atoms with Crippen LogP contribution in [0.3, 0.4) is 0 Å². The molecule has 4 aromatic rings. The second-order valence-corrected chi connectivity index (χ2v) is 10.3. The maximum atomic E-state index is 13.4. The van der Waals surface area contributed by atoms with Crippen molar-refractivity contribution in [3.63, 3.8) is 0 Å². The molecule has 3 heterocycles. The number of allylic oxidation sites excluding steroid dienone is 1. The zero-order chi connectivity index (χ0) is 27.8. The van der Waals surface area contributed by atoms with Crippen LogP contribution in [-0.4, -0.2) is 46.8 Å². The molecule has 2 aliphatic heterocycles. The van der Waals surface area contributed by atoms with E-state index in [1.54, 1.807) is 4.90 Å². The molecule has 0 saturated heterocycles. The molecule has 206 valence electrons. The molecular weight excluding hydrogens is 533 g/mol. The van der Waals surface area contributed by atoms with Gasteiger partial charge in [-0.1, -0.05) is 23.7 Å². The first-order valence-electron chi connectivity index (χ1n) is 13.1. The zero-order valence-corrected chi connectivity index (χ0v) is 22.6. The summed E-state index contributed by atoms with van der Waals surface area (Å²) in [6.45, 7) is 3.55. The lowest BCUT2D eigenvalue weighted by atomic mass is 9.92. The van der Waals surface area contributed by atoms with E-state index in [1.165, 1.54) is 24.3 Å². The van der Waals surface area contributed by atoms with Gasteiger partial charge in [0.25, 0.3) is 0 Å². The van der Waals surface area contributed by atoms with E-state index in [4.69, 9.17) is 26.8 Å². The van der Waals surface area contributed by atoms with Crippen LogP contribution in [0.5, 0.6) is 11.5 Å². The molecule has 0 fully saturated rings. The number of hydrogen-bond donors (Lipinski definition) is 3. The fourth-order valence-corrected chi connectivity index (χ4v) is 5.55. The van der Waals surface area contributed by atoms with Gasteiger partial charge in [0, 0.05) is 33.9 Å². The van der Waals surface area contributed by atoms with Crippen LogP contribution >= 0.6 is 11.6 Å². The zero-order valence-electron chi connectivity index (χ0n) is 21.9. The molecule has 1 amide bonds. The molecule has 10 heteroatoms. The van der Waals surface area contributed by atoms with Gasteiger partial charge in [0.1, 0.15) is 30.0 Å². The smallest absolute Gasteiger partial charge is 0.416 e. The highest BCUT2D eigenvalue weighted by Crippen LogP contribution is 2.40. The average molecular weight is 562 g/mol. The Morgan fingerprint density at radius 1 is 1.10 bits per heavy atom. The Kier molecular flexibility index (Phi) is 7.10. The Balaban J connectivity index is 1.26. The minimum absolute atomic E-state index is 0.182. The molecule has 2 aliphatic rings. The number of benzene rings is 3. The van der Waals surface area contributed by atoms with E-state index in [2.05, 4.69) is 10.4 Å². The van der Waals surface area contributed by atoms with Gasteiger partial charge in [-0.05, 0) is 85.1 Å². The molecule has 3 aromatic carbocycles. The van der Waals surface area contributed by atoms with E-state index in [-0.39, 0.29) is 11.9 Å². The Bertz CT molecular complexity index is 1570. The van der Waals surface area contributed by atoms with Crippen LogP contribution in [0.15, 0.2) is 78.5 Å². The minimum Gasteiger partial charge on any atom is -0.492 e. The summed E-state index contributed by atoms with van der Waals surface area (Å²) in [5.74, 6) is 0.599. The third kappa shape index (κ3) is 5.23. The van der Waals surface area contributed by atoms with Gasteiger partial charge < -0.3 is 25.2 Å². The summed E-state index contributed by atoms with van der Waals surface area (Å²) in [6.07, 6.45) is 1.89. The Morgan fingerprint density at radius 2 is 1.85 bits per heavy atom. The van der Waals surface area contributed by atoms with Crippen LogP contribution in [-0.2, 0) is 6.42 Å². The highest BCUT2D eigenvalue weighted by Gasteiger charge is 2.36. The van der Waals surface area contributed by atoms with Crippen LogP contribution in [0.2, 0.25) is 5.02 Å². The van der Waals surface area contributed by atoms with Gasteiger partial charge in [0.05, 0.1) is 12.7 Å².